The van der Waals surface area contributed by atoms with Crippen LogP contribution in [0.25, 0.3) is 0 Å². The summed E-state index contributed by atoms with van der Waals surface area (Å²) < 4.78 is 0. The molecule has 1 aromatic rings. The first-order chi connectivity index (χ1) is 29.9. The number of amides is 7. The number of carboxylic acid groups (broad SMARTS) is 2. The Morgan fingerprint density at radius 1 is 0.714 bits per heavy atom. The number of fused-ring (bicyclic) bond motifs is 1. The van der Waals surface area contributed by atoms with Crippen LogP contribution in [-0.4, -0.2) is 111 Å². The number of hydrogen-bond donors (Lipinski definition) is 8. The number of aliphatic carboxylic acids is 2. The summed E-state index contributed by atoms with van der Waals surface area (Å²) >= 11 is 0. The minimum atomic E-state index is -1.69. The summed E-state index contributed by atoms with van der Waals surface area (Å²) in [6, 6.07) is 0.797. The summed E-state index contributed by atoms with van der Waals surface area (Å²) in [5.74, 6) is -7.87. The summed E-state index contributed by atoms with van der Waals surface area (Å²) in [4.78, 5) is 120. The van der Waals surface area contributed by atoms with E-state index in [1.807, 2.05) is 13.8 Å². The maximum Gasteiger partial charge on any atom is 0.326 e. The van der Waals surface area contributed by atoms with E-state index < -0.39 is 96.0 Å². The highest BCUT2D eigenvalue weighted by Crippen LogP contribution is 2.39. The fraction of sp³-hybridized carbons (Fsp3) is 0.667. The number of nitrogens with two attached hydrogens (primary N) is 1. The lowest BCUT2D eigenvalue weighted by atomic mass is 9.84. The largest absolute Gasteiger partial charge is 0.481 e. The molecule has 3 aliphatic rings. The fourth-order valence-corrected chi connectivity index (χ4v) is 9.37. The predicted molar refractivity (Wildman–Crippen MR) is 230 cm³/mol. The number of carbonyl (C=O) groups is 9. The third-order valence-electron chi connectivity index (χ3n) is 12.4. The van der Waals surface area contributed by atoms with Crippen LogP contribution in [0.3, 0.4) is 0 Å². The van der Waals surface area contributed by atoms with E-state index in [0.717, 1.165) is 57.8 Å². The van der Waals surface area contributed by atoms with E-state index in [-0.39, 0.29) is 55.9 Å². The van der Waals surface area contributed by atoms with Crippen LogP contribution in [0.5, 0.6) is 0 Å². The van der Waals surface area contributed by atoms with E-state index in [9.17, 15) is 53.4 Å². The Balaban J connectivity index is 1.59. The molecular formula is C45H67N7O11. The molecule has 4 rings (SSSR count). The Labute approximate surface area is 369 Å². The lowest BCUT2D eigenvalue weighted by Gasteiger charge is -2.35. The van der Waals surface area contributed by atoms with Crippen LogP contribution in [0.4, 0.5) is 0 Å². The van der Waals surface area contributed by atoms with Gasteiger partial charge < -0.3 is 47.4 Å². The summed E-state index contributed by atoms with van der Waals surface area (Å²) in [5.41, 5.74) is 6.00. The molecule has 2 aliphatic carbocycles. The summed E-state index contributed by atoms with van der Waals surface area (Å²) in [6.07, 6.45) is 7.73. The van der Waals surface area contributed by atoms with Gasteiger partial charge in [-0.2, -0.15) is 0 Å². The molecular weight excluding hydrogens is 815 g/mol. The molecule has 18 nitrogen and oxygen atoms in total. The van der Waals surface area contributed by atoms with Crippen molar-refractivity contribution in [1.82, 2.24) is 31.5 Å². The van der Waals surface area contributed by atoms with Crippen molar-refractivity contribution in [3.05, 3.63) is 35.9 Å². The van der Waals surface area contributed by atoms with Gasteiger partial charge in [0.2, 0.25) is 41.4 Å². The molecule has 1 saturated heterocycles. The second kappa shape index (κ2) is 24.3. The highest BCUT2D eigenvalue weighted by molar-refractivity contribution is 5.98. The topological polar surface area (TPSA) is 284 Å². The first-order valence-electron chi connectivity index (χ1n) is 22.5. The molecule has 0 bridgehead atoms. The van der Waals surface area contributed by atoms with Gasteiger partial charge in [0.05, 0.1) is 6.42 Å². The molecule has 9 N–H and O–H groups in total. The number of hydrogen-bond acceptors (Lipinski definition) is 9. The van der Waals surface area contributed by atoms with E-state index in [2.05, 4.69) is 26.6 Å². The maximum atomic E-state index is 14.9. The maximum absolute atomic E-state index is 14.9. The van der Waals surface area contributed by atoms with Gasteiger partial charge in [-0.1, -0.05) is 95.5 Å². The number of benzene rings is 1. The highest BCUT2D eigenvalue weighted by Gasteiger charge is 2.49. The molecule has 1 heterocycles. The molecule has 8 atom stereocenters. The van der Waals surface area contributed by atoms with E-state index in [1.54, 1.807) is 30.3 Å². The molecule has 0 radical (unpaired) electrons. The van der Waals surface area contributed by atoms with Gasteiger partial charge in [0.1, 0.15) is 36.3 Å². The molecule has 2 saturated carbocycles. The van der Waals surface area contributed by atoms with Crippen LogP contribution in [0.1, 0.15) is 129 Å². The Morgan fingerprint density at radius 3 is 1.90 bits per heavy atom. The third-order valence-corrected chi connectivity index (χ3v) is 12.4. The molecule has 1 aromatic carbocycles. The van der Waals surface area contributed by atoms with Crippen molar-refractivity contribution in [2.45, 2.75) is 172 Å². The molecule has 348 valence electrons. The van der Waals surface area contributed by atoms with Crippen LogP contribution >= 0.6 is 0 Å². The van der Waals surface area contributed by atoms with Gasteiger partial charge >= 0.3 is 11.9 Å². The average Bonchev–Trinajstić information content (AvgIpc) is 3.43. The smallest absolute Gasteiger partial charge is 0.326 e. The monoisotopic (exact) mass is 881 g/mol. The second-order valence-corrected chi connectivity index (χ2v) is 18.0. The quantitative estimate of drug-likeness (QED) is 0.0835. The van der Waals surface area contributed by atoms with Crippen LogP contribution < -0.4 is 32.3 Å². The van der Waals surface area contributed by atoms with Crippen molar-refractivity contribution in [1.29, 1.82) is 0 Å². The number of primary amides is 1. The zero-order valence-electron chi connectivity index (χ0n) is 36.8. The lowest BCUT2D eigenvalue weighted by molar-refractivity contribution is -0.146. The predicted octanol–water partition coefficient (Wildman–Crippen LogP) is 2.06. The Bertz CT molecular complexity index is 1790. The third kappa shape index (κ3) is 15.6. The number of likely N-dealkylation sites (tertiary alicyclic amines) is 1. The molecule has 0 aromatic heterocycles. The number of rotatable bonds is 22. The van der Waals surface area contributed by atoms with Crippen molar-refractivity contribution in [2.75, 3.05) is 0 Å². The SMILES string of the molecule is CC(=O)N[C@@H](CCC(N)=O)C(=O)N[C@@H](CC1CCCCC1)C(=O)N[C@@H](CC(=O)O)C(=O)N[C@@H](CC(C)C)C(=O)N1C2CCCCCC2C[C@H]1C(=O)N[C@@H](Cc1ccccc1)C(=O)O. The van der Waals surface area contributed by atoms with Gasteiger partial charge in [0, 0.05) is 25.8 Å². The summed E-state index contributed by atoms with van der Waals surface area (Å²) in [6.45, 7) is 4.87. The minimum Gasteiger partial charge on any atom is -0.481 e. The van der Waals surface area contributed by atoms with Crippen molar-refractivity contribution < 1.29 is 53.4 Å². The standard InChI is InChI=1S/C45H67N7O11/c1-26(2)21-34(44(61)52-36-18-12-6-11-17-30(36)24-37(52)43(60)51-35(45(62)63)23-29-15-9-5-10-16-29)50-42(59)33(25-39(55)56)49-41(58)32(22-28-13-7-4-8-14-28)48-40(57)31(47-27(3)53)19-20-38(46)54/h5,9-10,15-16,26,28,30-37H,4,6-8,11-14,17-25H2,1-3H3,(H2,46,54)(H,47,53)(H,48,57)(H,49,58)(H,50,59)(H,51,60)(H,55,56)(H,62,63)/t30?,31-,32-,33-,34-,35-,36?,37-/m0/s1. The Morgan fingerprint density at radius 2 is 1.30 bits per heavy atom. The first-order valence-corrected chi connectivity index (χ1v) is 22.5. The zero-order valence-corrected chi connectivity index (χ0v) is 36.8. The molecule has 3 fully saturated rings. The Kier molecular flexibility index (Phi) is 19.4. The number of nitrogens with zero attached hydrogens (tertiary/aromatic N) is 1. The molecule has 2 unspecified atom stereocenters. The molecule has 7 amide bonds. The van der Waals surface area contributed by atoms with Crippen molar-refractivity contribution in [3.8, 4) is 0 Å². The van der Waals surface area contributed by atoms with Gasteiger partial charge in [-0.05, 0) is 61.8 Å². The van der Waals surface area contributed by atoms with Gasteiger partial charge in [0.25, 0.3) is 0 Å². The second-order valence-electron chi connectivity index (χ2n) is 18.0. The molecule has 0 spiro atoms. The molecule has 1 aliphatic heterocycles. The lowest BCUT2D eigenvalue weighted by Crippen LogP contribution is -2.61. The number of carboxylic acids is 2. The number of carbonyl (C=O) groups excluding carboxylic acids is 7. The normalized spacial score (nSPS) is 21.3. The van der Waals surface area contributed by atoms with Gasteiger partial charge in [-0.15, -0.1) is 0 Å². The van der Waals surface area contributed by atoms with Crippen molar-refractivity contribution in [3.63, 3.8) is 0 Å². The van der Waals surface area contributed by atoms with Crippen LogP contribution in [-0.2, 0) is 49.6 Å². The van der Waals surface area contributed by atoms with Gasteiger partial charge in [0.15, 0.2) is 0 Å². The van der Waals surface area contributed by atoms with Crippen LogP contribution in [0, 0.1) is 17.8 Å². The van der Waals surface area contributed by atoms with E-state index in [1.165, 1.54) is 11.8 Å². The first kappa shape index (κ1) is 50.1. The molecule has 18 heteroatoms. The summed E-state index contributed by atoms with van der Waals surface area (Å²) in [5, 5.41) is 33.1. The summed E-state index contributed by atoms with van der Waals surface area (Å²) in [7, 11) is 0. The van der Waals surface area contributed by atoms with Gasteiger partial charge in [-0.3, -0.25) is 38.4 Å². The van der Waals surface area contributed by atoms with E-state index in [0.29, 0.717) is 18.4 Å². The van der Waals surface area contributed by atoms with Crippen LogP contribution in [0.2, 0.25) is 0 Å². The highest BCUT2D eigenvalue weighted by atomic mass is 16.4. The van der Waals surface area contributed by atoms with E-state index >= 15 is 0 Å². The average molecular weight is 882 g/mol. The molecule has 63 heavy (non-hydrogen) atoms. The Hall–Kier alpha value is -5.55. The fourth-order valence-electron chi connectivity index (χ4n) is 9.37. The minimum absolute atomic E-state index is 0.0157. The van der Waals surface area contributed by atoms with Crippen molar-refractivity contribution in [2.24, 2.45) is 23.5 Å². The number of nitrogens with one attached hydrogen (secondary N) is 5. The van der Waals surface area contributed by atoms with Crippen molar-refractivity contribution >= 4 is 53.3 Å². The van der Waals surface area contributed by atoms with E-state index in [4.69, 9.17) is 5.73 Å². The van der Waals surface area contributed by atoms with Crippen LogP contribution in [0.15, 0.2) is 30.3 Å². The van der Waals surface area contributed by atoms with Gasteiger partial charge in [-0.25, -0.2) is 4.79 Å². The zero-order chi connectivity index (χ0) is 46.2.